The molecule has 1 heterocycles. The van der Waals surface area contributed by atoms with Crippen LogP contribution in [0.3, 0.4) is 0 Å². The minimum Gasteiger partial charge on any atom is -0.444 e. The van der Waals surface area contributed by atoms with Gasteiger partial charge in [-0.15, -0.1) is 5.10 Å². The van der Waals surface area contributed by atoms with Crippen LogP contribution in [0, 0.1) is 0 Å². The largest absolute Gasteiger partial charge is 0.444 e. The quantitative estimate of drug-likeness (QED) is 0.841. The minimum atomic E-state index is -0.477. The summed E-state index contributed by atoms with van der Waals surface area (Å²) in [5.41, 5.74) is -0.477. The number of aryl methyl sites for hydroxylation is 1. The number of amides is 1. The highest BCUT2D eigenvalue weighted by Gasteiger charge is 2.15. The standard InChI is InChI=1S/C10H19N5O2/c1-5-15-8(12-13-14-15)6-7-11-9(16)17-10(2,3)4/h5-7H2,1-4H3,(H,11,16). The normalized spacial score (nSPS) is 11.3. The second kappa shape index (κ2) is 5.60. The van der Waals surface area contributed by atoms with Crippen LogP contribution in [0.25, 0.3) is 0 Å². The fourth-order valence-corrected chi connectivity index (χ4v) is 1.24. The molecule has 96 valence electrons. The lowest BCUT2D eigenvalue weighted by atomic mass is 10.2. The van der Waals surface area contributed by atoms with Gasteiger partial charge in [-0.2, -0.15) is 0 Å². The van der Waals surface area contributed by atoms with Crippen LogP contribution in [0.5, 0.6) is 0 Å². The van der Waals surface area contributed by atoms with Crippen molar-refractivity contribution in [2.24, 2.45) is 0 Å². The van der Waals surface area contributed by atoms with E-state index in [0.717, 1.165) is 12.4 Å². The molecule has 0 fully saturated rings. The Bertz CT molecular complexity index is 369. The Hall–Kier alpha value is -1.66. The van der Waals surface area contributed by atoms with E-state index in [2.05, 4.69) is 20.8 Å². The molecule has 0 radical (unpaired) electrons. The van der Waals surface area contributed by atoms with Crippen LogP contribution >= 0.6 is 0 Å². The van der Waals surface area contributed by atoms with E-state index < -0.39 is 11.7 Å². The Morgan fingerprint density at radius 2 is 2.18 bits per heavy atom. The number of hydrogen-bond acceptors (Lipinski definition) is 5. The van der Waals surface area contributed by atoms with Gasteiger partial charge in [0.25, 0.3) is 0 Å². The fourth-order valence-electron chi connectivity index (χ4n) is 1.24. The number of carbonyl (C=O) groups excluding carboxylic acids is 1. The first-order valence-electron chi connectivity index (χ1n) is 5.64. The van der Waals surface area contributed by atoms with Crippen molar-refractivity contribution in [3.63, 3.8) is 0 Å². The Morgan fingerprint density at radius 1 is 1.47 bits per heavy atom. The molecule has 1 rings (SSSR count). The van der Waals surface area contributed by atoms with Gasteiger partial charge < -0.3 is 10.1 Å². The molecule has 0 aliphatic rings. The third-order valence-corrected chi connectivity index (χ3v) is 1.92. The number of nitrogens with zero attached hydrogens (tertiary/aromatic N) is 4. The van der Waals surface area contributed by atoms with E-state index in [1.165, 1.54) is 0 Å². The van der Waals surface area contributed by atoms with Gasteiger partial charge in [0.2, 0.25) is 0 Å². The Labute approximate surface area is 101 Å². The molecule has 0 saturated carbocycles. The molecule has 1 aromatic rings. The van der Waals surface area contributed by atoms with Crippen LogP contribution in [-0.4, -0.2) is 38.4 Å². The van der Waals surface area contributed by atoms with Crippen molar-refractivity contribution in [2.45, 2.75) is 46.3 Å². The van der Waals surface area contributed by atoms with Crippen molar-refractivity contribution in [1.82, 2.24) is 25.5 Å². The number of aromatic nitrogens is 4. The maximum absolute atomic E-state index is 11.3. The van der Waals surface area contributed by atoms with Crippen LogP contribution in [0.2, 0.25) is 0 Å². The van der Waals surface area contributed by atoms with E-state index in [-0.39, 0.29) is 0 Å². The zero-order valence-electron chi connectivity index (χ0n) is 10.7. The number of hydrogen-bond donors (Lipinski definition) is 1. The van der Waals surface area contributed by atoms with Crippen LogP contribution in [0.1, 0.15) is 33.5 Å². The summed E-state index contributed by atoms with van der Waals surface area (Å²) in [7, 11) is 0. The van der Waals surface area contributed by atoms with Crippen molar-refractivity contribution in [3.8, 4) is 0 Å². The number of tetrazole rings is 1. The maximum atomic E-state index is 11.3. The van der Waals surface area contributed by atoms with Gasteiger partial charge in [0.1, 0.15) is 5.60 Å². The van der Waals surface area contributed by atoms with Gasteiger partial charge in [-0.1, -0.05) is 0 Å². The van der Waals surface area contributed by atoms with Gasteiger partial charge in [0.05, 0.1) is 0 Å². The summed E-state index contributed by atoms with van der Waals surface area (Å²) in [6, 6.07) is 0. The summed E-state index contributed by atoms with van der Waals surface area (Å²) < 4.78 is 6.80. The van der Waals surface area contributed by atoms with Crippen LogP contribution in [-0.2, 0) is 17.7 Å². The molecule has 17 heavy (non-hydrogen) atoms. The Morgan fingerprint density at radius 3 is 2.76 bits per heavy atom. The number of alkyl carbamates (subject to hydrolysis) is 1. The third kappa shape index (κ3) is 4.80. The van der Waals surface area contributed by atoms with E-state index >= 15 is 0 Å². The first-order chi connectivity index (χ1) is 7.92. The summed E-state index contributed by atoms with van der Waals surface area (Å²) in [5, 5.41) is 13.9. The maximum Gasteiger partial charge on any atom is 0.407 e. The van der Waals surface area contributed by atoms with E-state index in [0.29, 0.717) is 13.0 Å². The van der Waals surface area contributed by atoms with Crippen LogP contribution in [0.4, 0.5) is 4.79 Å². The van der Waals surface area contributed by atoms with E-state index in [1.807, 2.05) is 27.7 Å². The van der Waals surface area contributed by atoms with Gasteiger partial charge in [0.15, 0.2) is 5.82 Å². The minimum absolute atomic E-state index is 0.423. The van der Waals surface area contributed by atoms with Crippen molar-refractivity contribution in [1.29, 1.82) is 0 Å². The van der Waals surface area contributed by atoms with E-state index in [1.54, 1.807) is 4.68 Å². The van der Waals surface area contributed by atoms with Crippen molar-refractivity contribution >= 4 is 6.09 Å². The SMILES string of the molecule is CCn1nnnc1CCNC(=O)OC(C)(C)C. The predicted molar refractivity (Wildman–Crippen MR) is 61.4 cm³/mol. The van der Waals surface area contributed by atoms with Gasteiger partial charge in [-0.05, 0) is 38.1 Å². The first-order valence-corrected chi connectivity index (χ1v) is 5.64. The number of nitrogens with one attached hydrogen (secondary N) is 1. The monoisotopic (exact) mass is 241 g/mol. The summed E-state index contributed by atoms with van der Waals surface area (Å²) in [6.45, 7) is 8.60. The molecule has 0 bridgehead atoms. The molecule has 1 N–H and O–H groups in total. The number of rotatable bonds is 4. The number of carbonyl (C=O) groups is 1. The van der Waals surface area contributed by atoms with Crippen molar-refractivity contribution in [2.75, 3.05) is 6.54 Å². The second-order valence-electron chi connectivity index (χ2n) is 4.59. The highest BCUT2D eigenvalue weighted by Crippen LogP contribution is 2.06. The molecule has 1 amide bonds. The first kappa shape index (κ1) is 13.4. The zero-order chi connectivity index (χ0) is 12.9. The molecule has 0 spiro atoms. The molecular formula is C10H19N5O2. The highest BCUT2D eigenvalue weighted by atomic mass is 16.6. The fraction of sp³-hybridized carbons (Fsp3) is 0.800. The molecule has 0 aliphatic heterocycles. The molecule has 0 aromatic carbocycles. The topological polar surface area (TPSA) is 81.9 Å². The Kier molecular flexibility index (Phi) is 4.42. The molecule has 0 aliphatic carbocycles. The van der Waals surface area contributed by atoms with Gasteiger partial charge in [0, 0.05) is 19.5 Å². The lowest BCUT2D eigenvalue weighted by Gasteiger charge is -2.19. The average molecular weight is 241 g/mol. The highest BCUT2D eigenvalue weighted by molar-refractivity contribution is 5.67. The molecule has 0 saturated heterocycles. The lowest BCUT2D eigenvalue weighted by Crippen LogP contribution is -2.33. The molecule has 7 heteroatoms. The summed E-state index contributed by atoms with van der Waals surface area (Å²) >= 11 is 0. The molecular weight excluding hydrogens is 222 g/mol. The summed E-state index contributed by atoms with van der Waals surface area (Å²) in [4.78, 5) is 11.3. The van der Waals surface area contributed by atoms with Crippen LogP contribution in [0.15, 0.2) is 0 Å². The van der Waals surface area contributed by atoms with Crippen molar-refractivity contribution in [3.05, 3.63) is 5.82 Å². The average Bonchev–Trinajstić information content (AvgIpc) is 2.62. The Balaban J connectivity index is 2.31. The third-order valence-electron chi connectivity index (χ3n) is 1.92. The van der Waals surface area contributed by atoms with Crippen molar-refractivity contribution < 1.29 is 9.53 Å². The smallest absolute Gasteiger partial charge is 0.407 e. The van der Waals surface area contributed by atoms with Crippen LogP contribution < -0.4 is 5.32 Å². The summed E-state index contributed by atoms with van der Waals surface area (Å²) in [5.74, 6) is 0.753. The van der Waals surface area contributed by atoms with E-state index in [9.17, 15) is 4.79 Å². The second-order valence-corrected chi connectivity index (χ2v) is 4.59. The number of ether oxygens (including phenoxy) is 1. The van der Waals surface area contributed by atoms with E-state index in [4.69, 9.17) is 4.74 Å². The van der Waals surface area contributed by atoms with Gasteiger partial charge >= 0.3 is 6.09 Å². The lowest BCUT2D eigenvalue weighted by molar-refractivity contribution is 0.0528. The molecule has 1 aromatic heterocycles. The van der Waals surface area contributed by atoms with Gasteiger partial charge in [-0.3, -0.25) is 0 Å². The van der Waals surface area contributed by atoms with Gasteiger partial charge in [-0.25, -0.2) is 9.48 Å². The zero-order valence-corrected chi connectivity index (χ0v) is 10.7. The molecule has 7 nitrogen and oxygen atoms in total. The predicted octanol–water partition coefficient (Wildman–Crippen LogP) is 0.760. The molecule has 0 atom stereocenters. The summed E-state index contributed by atoms with van der Waals surface area (Å²) in [6.07, 6.45) is 0.160. The molecule has 0 unspecified atom stereocenters.